The van der Waals surface area contributed by atoms with Gasteiger partial charge in [-0.1, -0.05) is 0 Å². The van der Waals surface area contributed by atoms with Crippen LogP contribution in [0.2, 0.25) is 0 Å². The topological polar surface area (TPSA) is 0 Å². The zero-order valence-corrected chi connectivity index (χ0v) is 4.64. The third kappa shape index (κ3) is 15.6. The van der Waals surface area contributed by atoms with Gasteiger partial charge in [0.1, 0.15) is 0 Å². The summed E-state index contributed by atoms with van der Waals surface area (Å²) in [5.41, 5.74) is 0. The van der Waals surface area contributed by atoms with Gasteiger partial charge in [-0.3, -0.25) is 0 Å². The Morgan fingerprint density at radius 1 is 1.25 bits per heavy atom. The summed E-state index contributed by atoms with van der Waals surface area (Å²) in [6, 6.07) is 0. The molecule has 0 spiro atoms. The molecule has 0 atom stereocenters. The Bertz CT molecular complexity index is 3.25. The van der Waals surface area contributed by atoms with E-state index in [0.29, 0.717) is 0 Å². The summed E-state index contributed by atoms with van der Waals surface area (Å²) in [4.78, 5) is 0. The van der Waals surface area contributed by atoms with E-state index in [1.54, 1.807) is 0 Å². The molecule has 0 aliphatic rings. The Morgan fingerprint density at radius 2 is 1.25 bits per heavy atom. The van der Waals surface area contributed by atoms with Crippen molar-refractivity contribution in [1.82, 2.24) is 0 Å². The maximum atomic E-state index is 2.00. The summed E-state index contributed by atoms with van der Waals surface area (Å²) in [7, 11) is 0. The van der Waals surface area contributed by atoms with Gasteiger partial charge < -0.3 is 6.42 Å². The van der Waals surface area contributed by atoms with E-state index >= 15 is 0 Å². The summed E-state index contributed by atoms with van der Waals surface area (Å²) in [6.45, 7) is 4.00. The minimum absolute atomic E-state index is 0. The van der Waals surface area contributed by atoms with Gasteiger partial charge in [0.05, 0.1) is 0 Å². The van der Waals surface area contributed by atoms with E-state index in [1.165, 1.54) is 0 Å². The molecule has 0 saturated heterocycles. The molecule has 0 fully saturated rings. The zero-order chi connectivity index (χ0) is 2.71. The smallest absolute Gasteiger partial charge is 0.335 e. The third-order valence-corrected chi connectivity index (χ3v) is 0. The molecule has 0 bridgehead atoms. The molecule has 0 aliphatic carbocycles. The van der Waals surface area contributed by atoms with E-state index in [9.17, 15) is 0 Å². The average molecular weight is 91.0 g/mol. The summed E-state index contributed by atoms with van der Waals surface area (Å²) in [6.07, 6.45) is 2.00. The van der Waals surface area contributed by atoms with Gasteiger partial charge in [0, 0.05) is 0 Å². The van der Waals surface area contributed by atoms with Crippen molar-refractivity contribution in [3.8, 4) is 0 Å². The Hall–Kier alpha value is 0.714. The van der Waals surface area contributed by atoms with Crippen LogP contribution in [0.5, 0.6) is 0 Å². The predicted molar refractivity (Wildman–Crippen MR) is 15.6 cm³/mol. The van der Waals surface area contributed by atoms with E-state index in [0.717, 1.165) is 0 Å². The van der Waals surface area contributed by atoms with Crippen LogP contribution in [0, 0.1) is 6.42 Å². The van der Waals surface area contributed by atoms with Crippen molar-refractivity contribution in [2.45, 2.75) is 13.8 Å². The number of rotatable bonds is 0. The minimum atomic E-state index is 0. The van der Waals surface area contributed by atoms with Crippen LogP contribution < -0.4 is 0 Å². The molecule has 0 unspecified atom stereocenters. The molecule has 0 aromatic heterocycles. The van der Waals surface area contributed by atoms with Gasteiger partial charge in [0.15, 0.2) is 0 Å². The Balaban J connectivity index is 0. The quantitative estimate of drug-likeness (QED) is 0.310. The molecule has 0 aromatic carbocycles. The summed E-state index contributed by atoms with van der Waals surface area (Å²) in [5.74, 6) is 0. The van der Waals surface area contributed by atoms with Crippen LogP contribution in [0.3, 0.4) is 0 Å². The molecule has 0 amide bonds. The SMILES string of the molecule is C[CH-]C.[Ti+2]. The van der Waals surface area contributed by atoms with Gasteiger partial charge in [-0.25, -0.2) is 0 Å². The monoisotopic (exact) mass is 91.0 g/mol. The zero-order valence-electron chi connectivity index (χ0n) is 3.08. The summed E-state index contributed by atoms with van der Waals surface area (Å²) >= 11 is 0. The first-order valence-corrected chi connectivity index (χ1v) is 1.15. The fraction of sp³-hybridized carbons (Fsp3) is 0.667. The van der Waals surface area contributed by atoms with E-state index in [1.807, 2.05) is 20.3 Å². The van der Waals surface area contributed by atoms with Gasteiger partial charge >= 0.3 is 21.7 Å². The molecule has 4 heavy (non-hydrogen) atoms. The van der Waals surface area contributed by atoms with Crippen molar-refractivity contribution in [3.63, 3.8) is 0 Å². The van der Waals surface area contributed by atoms with E-state index in [-0.39, 0.29) is 21.7 Å². The van der Waals surface area contributed by atoms with Crippen LogP contribution in [-0.4, -0.2) is 0 Å². The number of hydrogen-bond acceptors (Lipinski definition) is 0. The van der Waals surface area contributed by atoms with Crippen LogP contribution in [0.1, 0.15) is 13.8 Å². The molecular formula is C3H7Ti+. The minimum Gasteiger partial charge on any atom is -0.335 e. The second kappa shape index (κ2) is 9.31. The van der Waals surface area contributed by atoms with Crippen molar-refractivity contribution in [2.75, 3.05) is 0 Å². The van der Waals surface area contributed by atoms with Crippen LogP contribution in [-0.2, 0) is 21.7 Å². The van der Waals surface area contributed by atoms with Crippen LogP contribution in [0.25, 0.3) is 0 Å². The van der Waals surface area contributed by atoms with Crippen molar-refractivity contribution < 1.29 is 21.7 Å². The molecular weight excluding hydrogens is 83.9 g/mol. The van der Waals surface area contributed by atoms with Gasteiger partial charge in [0.2, 0.25) is 0 Å². The molecule has 0 aromatic rings. The Labute approximate surface area is 42.5 Å². The van der Waals surface area contributed by atoms with Crippen LogP contribution >= 0.6 is 0 Å². The van der Waals surface area contributed by atoms with Crippen molar-refractivity contribution in [3.05, 3.63) is 6.42 Å². The first-order chi connectivity index (χ1) is 1.41. The number of hydrogen-bond donors (Lipinski definition) is 0. The average Bonchev–Trinajstić information content (AvgIpc) is 0.918. The van der Waals surface area contributed by atoms with Crippen molar-refractivity contribution >= 4 is 0 Å². The predicted octanol–water partition coefficient (Wildman–Crippen LogP) is 1.23. The van der Waals surface area contributed by atoms with Crippen LogP contribution in [0.4, 0.5) is 0 Å². The molecule has 22 valence electrons. The summed E-state index contributed by atoms with van der Waals surface area (Å²) < 4.78 is 0. The van der Waals surface area contributed by atoms with Gasteiger partial charge in [-0.05, 0) is 0 Å². The fourth-order valence-corrected chi connectivity index (χ4v) is 0. The molecule has 0 radical (unpaired) electrons. The molecule has 0 aliphatic heterocycles. The second-order valence-corrected chi connectivity index (χ2v) is 0.577. The Morgan fingerprint density at radius 3 is 1.25 bits per heavy atom. The largest absolute Gasteiger partial charge is 2.00 e. The summed E-state index contributed by atoms with van der Waals surface area (Å²) in [5, 5.41) is 0. The molecule has 0 N–H and O–H groups in total. The van der Waals surface area contributed by atoms with Gasteiger partial charge in [-0.2, -0.15) is 13.8 Å². The van der Waals surface area contributed by atoms with Gasteiger partial charge in [0.25, 0.3) is 0 Å². The molecule has 1 heteroatoms. The maximum Gasteiger partial charge on any atom is 2.00 e. The van der Waals surface area contributed by atoms with Crippen LogP contribution in [0.15, 0.2) is 0 Å². The van der Waals surface area contributed by atoms with Crippen molar-refractivity contribution in [1.29, 1.82) is 0 Å². The second-order valence-electron chi connectivity index (χ2n) is 0.577. The first-order valence-electron chi connectivity index (χ1n) is 1.15. The van der Waals surface area contributed by atoms with E-state index in [2.05, 4.69) is 0 Å². The third-order valence-electron chi connectivity index (χ3n) is 0. The van der Waals surface area contributed by atoms with E-state index < -0.39 is 0 Å². The Kier molecular flexibility index (Phi) is 20.6. The molecule has 0 rings (SSSR count). The maximum absolute atomic E-state index is 2.00. The standard InChI is InChI=1S/C3H7.Ti/c1-3-2;/h3H,1-2H3;/q-1;+2. The first kappa shape index (κ1) is 8.83. The van der Waals surface area contributed by atoms with E-state index in [4.69, 9.17) is 0 Å². The normalized spacial score (nSPS) is 4.50. The van der Waals surface area contributed by atoms with Crippen molar-refractivity contribution in [2.24, 2.45) is 0 Å². The molecule has 0 saturated carbocycles. The van der Waals surface area contributed by atoms with Gasteiger partial charge in [-0.15, -0.1) is 0 Å². The fourth-order valence-electron chi connectivity index (χ4n) is 0. The molecule has 0 heterocycles. The molecule has 0 nitrogen and oxygen atoms in total.